The smallest absolute Gasteiger partial charge is 0.338 e. The molecule has 1 aromatic rings. The van der Waals surface area contributed by atoms with E-state index in [4.69, 9.17) is 9.47 Å². The Labute approximate surface area is 167 Å². The molecule has 28 heavy (non-hydrogen) atoms. The topological polar surface area (TPSA) is 52.6 Å². The second-order valence-corrected chi connectivity index (χ2v) is 7.57. The Morgan fingerprint density at radius 1 is 0.679 bits per heavy atom. The van der Waals surface area contributed by atoms with Crippen LogP contribution in [0.25, 0.3) is 0 Å². The maximum Gasteiger partial charge on any atom is 0.338 e. The van der Waals surface area contributed by atoms with E-state index in [-0.39, 0.29) is 11.9 Å². The maximum atomic E-state index is 12.2. The van der Waals surface area contributed by atoms with Gasteiger partial charge in [0, 0.05) is 12.8 Å². The fourth-order valence-electron chi connectivity index (χ4n) is 3.72. The zero-order valence-corrected chi connectivity index (χ0v) is 16.6. The van der Waals surface area contributed by atoms with Crippen molar-refractivity contribution in [1.82, 2.24) is 0 Å². The third-order valence-corrected chi connectivity index (χ3v) is 5.44. The van der Waals surface area contributed by atoms with E-state index < -0.39 is 0 Å². The van der Waals surface area contributed by atoms with E-state index in [0.29, 0.717) is 24.3 Å². The lowest BCUT2D eigenvalue weighted by molar-refractivity contribution is 0.0493. The number of allylic oxidation sites excluding steroid dienone is 2. The van der Waals surface area contributed by atoms with E-state index in [9.17, 15) is 9.59 Å². The summed E-state index contributed by atoms with van der Waals surface area (Å²) in [6.07, 6.45) is 15.6. The van der Waals surface area contributed by atoms with Crippen molar-refractivity contribution < 1.29 is 19.1 Å². The Balaban J connectivity index is 1.40. The molecule has 0 saturated heterocycles. The lowest BCUT2D eigenvalue weighted by Crippen LogP contribution is -2.10. The standard InChI is InChI=1S/C24H30O4/c25-23(27-17-15-19-7-3-1-4-8-19)21-11-13-22(14-12-21)24(26)28-18-16-20-9-5-2-6-10-20/h7,9,11-14H,1-6,8,10,15-18H2. The maximum absolute atomic E-state index is 12.2. The number of benzene rings is 1. The Hall–Kier alpha value is -2.36. The van der Waals surface area contributed by atoms with E-state index in [2.05, 4.69) is 12.2 Å². The summed E-state index contributed by atoms with van der Waals surface area (Å²) in [5.74, 6) is -0.693. The Kier molecular flexibility index (Phi) is 7.89. The number of esters is 2. The highest BCUT2D eigenvalue weighted by Gasteiger charge is 2.12. The Morgan fingerprint density at radius 2 is 1.11 bits per heavy atom. The van der Waals surface area contributed by atoms with Gasteiger partial charge in [-0.25, -0.2) is 9.59 Å². The largest absolute Gasteiger partial charge is 0.462 e. The van der Waals surface area contributed by atoms with Crippen molar-refractivity contribution in [3.8, 4) is 0 Å². The first-order valence-electron chi connectivity index (χ1n) is 10.5. The average molecular weight is 383 g/mol. The molecule has 0 aliphatic heterocycles. The summed E-state index contributed by atoms with van der Waals surface area (Å²) in [5.41, 5.74) is 3.70. The molecule has 0 atom stereocenters. The highest BCUT2D eigenvalue weighted by molar-refractivity contribution is 5.93. The molecule has 0 unspecified atom stereocenters. The molecule has 2 aliphatic rings. The summed E-state index contributed by atoms with van der Waals surface area (Å²) in [7, 11) is 0. The molecule has 0 saturated carbocycles. The fourth-order valence-corrected chi connectivity index (χ4v) is 3.72. The van der Waals surface area contributed by atoms with Gasteiger partial charge >= 0.3 is 11.9 Å². The van der Waals surface area contributed by atoms with E-state index >= 15 is 0 Å². The van der Waals surface area contributed by atoms with Crippen molar-refractivity contribution in [3.05, 3.63) is 58.7 Å². The lowest BCUT2D eigenvalue weighted by atomic mass is 9.98. The molecule has 0 radical (unpaired) electrons. The normalized spacial score (nSPS) is 16.7. The van der Waals surface area contributed by atoms with Gasteiger partial charge < -0.3 is 9.47 Å². The summed E-state index contributed by atoms with van der Waals surface area (Å²) in [6, 6.07) is 6.51. The highest BCUT2D eigenvalue weighted by atomic mass is 16.5. The SMILES string of the molecule is O=C(OCCC1=CCCCC1)c1ccc(C(=O)OCCC2=CCCCC2)cc1. The van der Waals surface area contributed by atoms with Gasteiger partial charge in [-0.3, -0.25) is 0 Å². The first kappa shape index (κ1) is 20.4. The van der Waals surface area contributed by atoms with Crippen molar-refractivity contribution in [2.75, 3.05) is 13.2 Å². The van der Waals surface area contributed by atoms with Crippen LogP contribution in [0.2, 0.25) is 0 Å². The average Bonchev–Trinajstić information content (AvgIpc) is 2.75. The van der Waals surface area contributed by atoms with Crippen LogP contribution in [0.3, 0.4) is 0 Å². The molecule has 0 aromatic heterocycles. The molecule has 4 nitrogen and oxygen atoms in total. The van der Waals surface area contributed by atoms with Crippen LogP contribution in [-0.2, 0) is 9.47 Å². The summed E-state index contributed by atoms with van der Waals surface area (Å²) < 4.78 is 10.7. The highest BCUT2D eigenvalue weighted by Crippen LogP contribution is 2.21. The number of ether oxygens (including phenoxy) is 2. The summed E-state index contributed by atoms with van der Waals surface area (Å²) in [5, 5.41) is 0. The minimum absolute atomic E-state index is 0.347. The number of carbonyl (C=O) groups excluding carboxylic acids is 2. The van der Waals surface area contributed by atoms with Gasteiger partial charge in [0.1, 0.15) is 0 Å². The lowest BCUT2D eigenvalue weighted by Gasteiger charge is -2.13. The van der Waals surface area contributed by atoms with Crippen LogP contribution in [0.5, 0.6) is 0 Å². The number of carbonyl (C=O) groups is 2. The molecule has 0 heterocycles. The Bertz CT molecular complexity index is 664. The molecule has 1 aromatic carbocycles. The van der Waals surface area contributed by atoms with Crippen LogP contribution >= 0.6 is 0 Å². The quantitative estimate of drug-likeness (QED) is 0.422. The van der Waals surface area contributed by atoms with E-state index in [1.54, 1.807) is 24.3 Å². The second kappa shape index (κ2) is 10.8. The summed E-state index contributed by atoms with van der Waals surface area (Å²) in [4.78, 5) is 24.3. The van der Waals surface area contributed by atoms with Gasteiger partial charge in [-0.05, 0) is 75.6 Å². The minimum atomic E-state index is -0.347. The monoisotopic (exact) mass is 382 g/mol. The van der Waals surface area contributed by atoms with E-state index in [1.165, 1.54) is 36.8 Å². The van der Waals surface area contributed by atoms with Crippen LogP contribution in [0.4, 0.5) is 0 Å². The van der Waals surface area contributed by atoms with Gasteiger partial charge in [0.2, 0.25) is 0 Å². The predicted molar refractivity (Wildman–Crippen MR) is 109 cm³/mol. The molecular formula is C24H30O4. The first-order chi connectivity index (χ1) is 13.7. The molecule has 2 aliphatic carbocycles. The molecule has 3 rings (SSSR count). The van der Waals surface area contributed by atoms with Gasteiger partial charge in [0.15, 0.2) is 0 Å². The second-order valence-electron chi connectivity index (χ2n) is 7.57. The molecule has 0 spiro atoms. The van der Waals surface area contributed by atoms with Crippen molar-refractivity contribution in [2.45, 2.75) is 64.2 Å². The van der Waals surface area contributed by atoms with Gasteiger partial charge in [-0.15, -0.1) is 0 Å². The zero-order valence-electron chi connectivity index (χ0n) is 16.6. The molecule has 0 amide bonds. The molecule has 0 fully saturated rings. The number of hydrogen-bond acceptors (Lipinski definition) is 4. The number of hydrogen-bond donors (Lipinski definition) is 0. The third-order valence-electron chi connectivity index (χ3n) is 5.44. The summed E-state index contributed by atoms with van der Waals surface area (Å²) in [6.45, 7) is 0.814. The van der Waals surface area contributed by atoms with Crippen molar-refractivity contribution >= 4 is 11.9 Å². The minimum Gasteiger partial charge on any atom is -0.462 e. The van der Waals surface area contributed by atoms with Crippen LogP contribution in [0, 0.1) is 0 Å². The summed E-state index contributed by atoms with van der Waals surface area (Å²) >= 11 is 0. The molecule has 0 bridgehead atoms. The van der Waals surface area contributed by atoms with Crippen molar-refractivity contribution in [3.63, 3.8) is 0 Å². The van der Waals surface area contributed by atoms with Crippen LogP contribution < -0.4 is 0 Å². The van der Waals surface area contributed by atoms with Gasteiger partial charge in [0.25, 0.3) is 0 Å². The van der Waals surface area contributed by atoms with Crippen molar-refractivity contribution in [2.24, 2.45) is 0 Å². The van der Waals surface area contributed by atoms with Crippen LogP contribution in [-0.4, -0.2) is 25.2 Å². The third kappa shape index (κ3) is 6.36. The zero-order chi connectivity index (χ0) is 19.6. The predicted octanol–water partition coefficient (Wildman–Crippen LogP) is 5.78. The molecule has 0 N–H and O–H groups in total. The Morgan fingerprint density at radius 3 is 1.46 bits per heavy atom. The van der Waals surface area contributed by atoms with E-state index in [1.807, 2.05) is 0 Å². The molecule has 4 heteroatoms. The first-order valence-corrected chi connectivity index (χ1v) is 10.5. The van der Waals surface area contributed by atoms with Crippen LogP contribution in [0.15, 0.2) is 47.6 Å². The number of rotatable bonds is 8. The van der Waals surface area contributed by atoms with Gasteiger partial charge in [-0.1, -0.05) is 23.3 Å². The fraction of sp³-hybridized carbons (Fsp3) is 0.500. The van der Waals surface area contributed by atoms with Crippen LogP contribution in [0.1, 0.15) is 84.9 Å². The van der Waals surface area contributed by atoms with Gasteiger partial charge in [-0.2, -0.15) is 0 Å². The van der Waals surface area contributed by atoms with Crippen molar-refractivity contribution in [1.29, 1.82) is 0 Å². The molecule has 150 valence electrons. The molecular weight excluding hydrogens is 352 g/mol. The van der Waals surface area contributed by atoms with E-state index in [0.717, 1.165) is 38.5 Å². The van der Waals surface area contributed by atoms with Gasteiger partial charge in [0.05, 0.1) is 24.3 Å².